The van der Waals surface area contributed by atoms with Crippen LogP contribution in [0.3, 0.4) is 0 Å². The van der Waals surface area contributed by atoms with E-state index in [1.807, 2.05) is 0 Å². The monoisotopic (exact) mass is 296 g/mol. The largest absolute Gasteiger partial charge is 0.480 e. The Kier molecular flexibility index (Phi) is 5.48. The van der Waals surface area contributed by atoms with E-state index in [1.165, 1.54) is 12.8 Å². The summed E-state index contributed by atoms with van der Waals surface area (Å²) < 4.78 is 0. The zero-order valence-electron chi connectivity index (χ0n) is 13.0. The Bertz CT molecular complexity index is 372. The fourth-order valence-electron chi connectivity index (χ4n) is 3.76. The number of carbonyl (C=O) groups excluding carboxylic acids is 1. The standard InChI is InChI=1S/C16H28N2O3/c1-16(10-6-3-7-11-16)18-15(21)17-13(14(19)20)12-8-4-2-5-9-12/h12-13H,2-11H2,1H3,(H,19,20)(H2,17,18,21). The van der Waals surface area contributed by atoms with Gasteiger partial charge in [0.05, 0.1) is 0 Å². The number of rotatable bonds is 4. The second-order valence-electron chi connectivity index (χ2n) is 6.93. The predicted molar refractivity (Wildman–Crippen MR) is 81.2 cm³/mol. The van der Waals surface area contributed by atoms with E-state index in [2.05, 4.69) is 17.6 Å². The van der Waals surface area contributed by atoms with Crippen LogP contribution in [0.2, 0.25) is 0 Å². The summed E-state index contributed by atoms with van der Waals surface area (Å²) >= 11 is 0. The first kappa shape index (κ1) is 16.1. The topological polar surface area (TPSA) is 78.4 Å². The van der Waals surface area contributed by atoms with Gasteiger partial charge in [0.2, 0.25) is 0 Å². The van der Waals surface area contributed by atoms with Gasteiger partial charge in [-0.1, -0.05) is 38.5 Å². The number of nitrogens with one attached hydrogen (secondary N) is 2. The Labute approximate surface area is 126 Å². The smallest absolute Gasteiger partial charge is 0.326 e. The molecular formula is C16H28N2O3. The molecule has 2 aliphatic carbocycles. The molecule has 0 aromatic rings. The summed E-state index contributed by atoms with van der Waals surface area (Å²) in [4.78, 5) is 23.7. The molecule has 2 rings (SSSR count). The van der Waals surface area contributed by atoms with E-state index in [4.69, 9.17) is 0 Å². The van der Waals surface area contributed by atoms with Crippen LogP contribution in [0.1, 0.15) is 71.1 Å². The zero-order chi connectivity index (χ0) is 15.3. The van der Waals surface area contributed by atoms with Crippen LogP contribution in [0.5, 0.6) is 0 Å². The summed E-state index contributed by atoms with van der Waals surface area (Å²) in [7, 11) is 0. The number of aliphatic carboxylic acids is 1. The molecule has 21 heavy (non-hydrogen) atoms. The molecule has 2 amide bonds. The predicted octanol–water partition coefficient (Wildman–Crippen LogP) is 3.04. The van der Waals surface area contributed by atoms with Crippen LogP contribution in [0, 0.1) is 5.92 Å². The minimum absolute atomic E-state index is 0.0705. The van der Waals surface area contributed by atoms with Gasteiger partial charge in [0.15, 0.2) is 0 Å². The van der Waals surface area contributed by atoms with Gasteiger partial charge >= 0.3 is 12.0 Å². The molecule has 2 saturated carbocycles. The maximum absolute atomic E-state index is 12.2. The lowest BCUT2D eigenvalue weighted by molar-refractivity contribution is -0.141. The molecule has 5 heteroatoms. The number of hydrogen-bond acceptors (Lipinski definition) is 2. The van der Waals surface area contributed by atoms with E-state index in [0.717, 1.165) is 51.4 Å². The SMILES string of the molecule is CC1(NC(=O)NC(C(=O)O)C2CCCCC2)CCCCC1. The summed E-state index contributed by atoms with van der Waals surface area (Å²) in [6, 6.07) is -1.07. The molecule has 120 valence electrons. The molecule has 0 radical (unpaired) electrons. The molecule has 0 spiro atoms. The van der Waals surface area contributed by atoms with Gasteiger partial charge in [-0.3, -0.25) is 0 Å². The summed E-state index contributed by atoms with van der Waals surface area (Å²) in [6.45, 7) is 2.06. The van der Waals surface area contributed by atoms with Crippen LogP contribution >= 0.6 is 0 Å². The minimum Gasteiger partial charge on any atom is -0.480 e. The van der Waals surface area contributed by atoms with Gasteiger partial charge in [-0.15, -0.1) is 0 Å². The Morgan fingerprint density at radius 2 is 1.62 bits per heavy atom. The van der Waals surface area contributed by atoms with E-state index in [-0.39, 0.29) is 17.5 Å². The van der Waals surface area contributed by atoms with Crippen LogP contribution in [-0.4, -0.2) is 28.7 Å². The first-order valence-corrected chi connectivity index (χ1v) is 8.32. The van der Waals surface area contributed by atoms with Crippen molar-refractivity contribution >= 4 is 12.0 Å². The molecule has 0 saturated heterocycles. The van der Waals surface area contributed by atoms with Gasteiger partial charge in [0, 0.05) is 5.54 Å². The van der Waals surface area contributed by atoms with Crippen molar-refractivity contribution in [2.45, 2.75) is 82.7 Å². The van der Waals surface area contributed by atoms with Gasteiger partial charge in [-0.2, -0.15) is 0 Å². The second kappa shape index (κ2) is 7.14. The normalized spacial score (nSPS) is 24.0. The van der Waals surface area contributed by atoms with Crippen LogP contribution in [-0.2, 0) is 4.79 Å². The lowest BCUT2D eigenvalue weighted by Gasteiger charge is -2.35. The van der Waals surface area contributed by atoms with Crippen molar-refractivity contribution < 1.29 is 14.7 Å². The van der Waals surface area contributed by atoms with Gasteiger partial charge < -0.3 is 15.7 Å². The third kappa shape index (κ3) is 4.61. The Morgan fingerprint density at radius 3 is 2.19 bits per heavy atom. The maximum Gasteiger partial charge on any atom is 0.326 e. The molecule has 1 atom stereocenters. The van der Waals surface area contributed by atoms with Crippen molar-refractivity contribution in [2.24, 2.45) is 5.92 Å². The maximum atomic E-state index is 12.2. The van der Waals surface area contributed by atoms with Crippen molar-refractivity contribution in [3.8, 4) is 0 Å². The van der Waals surface area contributed by atoms with E-state index in [0.29, 0.717) is 0 Å². The van der Waals surface area contributed by atoms with Gasteiger partial charge in [0.25, 0.3) is 0 Å². The van der Waals surface area contributed by atoms with Crippen LogP contribution in [0.4, 0.5) is 4.79 Å². The van der Waals surface area contributed by atoms with E-state index < -0.39 is 12.0 Å². The molecule has 0 aliphatic heterocycles. The lowest BCUT2D eigenvalue weighted by Crippen LogP contribution is -2.56. The lowest BCUT2D eigenvalue weighted by atomic mass is 9.83. The number of carbonyl (C=O) groups is 2. The molecule has 0 heterocycles. The van der Waals surface area contributed by atoms with Gasteiger partial charge in [-0.05, 0) is 38.5 Å². The molecule has 2 fully saturated rings. The second-order valence-corrected chi connectivity index (χ2v) is 6.93. The van der Waals surface area contributed by atoms with Gasteiger partial charge in [-0.25, -0.2) is 9.59 Å². The number of urea groups is 1. The summed E-state index contributed by atoms with van der Waals surface area (Å²) in [6.07, 6.45) is 10.5. The quantitative estimate of drug-likeness (QED) is 0.746. The minimum atomic E-state index is -0.911. The van der Waals surface area contributed by atoms with E-state index in [9.17, 15) is 14.7 Å². The van der Waals surface area contributed by atoms with Crippen molar-refractivity contribution in [3.05, 3.63) is 0 Å². The summed E-state index contributed by atoms with van der Waals surface area (Å²) in [5, 5.41) is 15.1. The Balaban J connectivity index is 1.90. The first-order valence-electron chi connectivity index (χ1n) is 8.32. The highest BCUT2D eigenvalue weighted by Crippen LogP contribution is 2.28. The highest BCUT2D eigenvalue weighted by molar-refractivity contribution is 5.83. The Hall–Kier alpha value is -1.26. The summed E-state index contributed by atoms with van der Waals surface area (Å²) in [5.74, 6) is -0.841. The molecule has 0 aromatic heterocycles. The van der Waals surface area contributed by atoms with Crippen molar-refractivity contribution in [3.63, 3.8) is 0 Å². The number of carboxylic acids is 1. The van der Waals surface area contributed by atoms with Crippen molar-refractivity contribution in [1.82, 2.24) is 10.6 Å². The van der Waals surface area contributed by atoms with E-state index >= 15 is 0 Å². The van der Waals surface area contributed by atoms with E-state index in [1.54, 1.807) is 0 Å². The van der Waals surface area contributed by atoms with Crippen LogP contribution in [0.25, 0.3) is 0 Å². The highest BCUT2D eigenvalue weighted by Gasteiger charge is 2.33. The Morgan fingerprint density at radius 1 is 1.05 bits per heavy atom. The fraction of sp³-hybridized carbons (Fsp3) is 0.875. The molecular weight excluding hydrogens is 268 g/mol. The number of hydrogen-bond donors (Lipinski definition) is 3. The van der Waals surface area contributed by atoms with Gasteiger partial charge in [0.1, 0.15) is 6.04 Å². The van der Waals surface area contributed by atoms with Crippen LogP contribution in [0.15, 0.2) is 0 Å². The fourth-order valence-corrected chi connectivity index (χ4v) is 3.76. The number of amides is 2. The third-order valence-electron chi connectivity index (χ3n) is 5.05. The molecule has 0 aromatic carbocycles. The molecule has 2 aliphatic rings. The molecule has 5 nitrogen and oxygen atoms in total. The van der Waals surface area contributed by atoms with Crippen molar-refractivity contribution in [1.29, 1.82) is 0 Å². The highest BCUT2D eigenvalue weighted by atomic mass is 16.4. The molecule has 3 N–H and O–H groups in total. The first-order chi connectivity index (χ1) is 10.0. The van der Waals surface area contributed by atoms with Crippen molar-refractivity contribution in [2.75, 3.05) is 0 Å². The average molecular weight is 296 g/mol. The average Bonchev–Trinajstić information content (AvgIpc) is 2.45. The number of carboxylic acid groups (broad SMARTS) is 1. The third-order valence-corrected chi connectivity index (χ3v) is 5.05. The van der Waals surface area contributed by atoms with Crippen LogP contribution < -0.4 is 10.6 Å². The summed E-state index contributed by atoms with van der Waals surface area (Å²) in [5.41, 5.74) is -0.183. The zero-order valence-corrected chi connectivity index (χ0v) is 13.0. The molecule has 1 unspecified atom stereocenters. The molecule has 0 bridgehead atoms.